The monoisotopic (exact) mass is 301 g/mol. The van der Waals surface area contributed by atoms with Crippen molar-refractivity contribution in [1.82, 2.24) is 4.37 Å². The van der Waals surface area contributed by atoms with E-state index in [1.165, 1.54) is 32.8 Å². The maximum atomic E-state index is 4.61. The first-order valence-corrected chi connectivity index (χ1v) is 8.46. The molecule has 1 aromatic heterocycles. The fourth-order valence-corrected chi connectivity index (χ4v) is 4.18. The molecular weight excluding hydrogens is 290 g/mol. The lowest BCUT2D eigenvalue weighted by Crippen LogP contribution is -1.79. The van der Waals surface area contributed by atoms with E-state index in [1.54, 1.807) is 0 Å². The second kappa shape index (κ2) is 5.82. The predicted octanol–water partition coefficient (Wildman–Crippen LogP) is 5.41. The quantitative estimate of drug-likeness (QED) is 0.513. The molecule has 0 saturated heterocycles. The van der Waals surface area contributed by atoms with E-state index >= 15 is 0 Å². The number of nitrogens with zero attached hydrogens (tertiary/aromatic N) is 1. The predicted molar refractivity (Wildman–Crippen MR) is 87.8 cm³/mol. The van der Waals surface area contributed by atoms with Crippen LogP contribution in [0.5, 0.6) is 0 Å². The summed E-state index contributed by atoms with van der Waals surface area (Å²) in [5, 5.41) is 0. The van der Waals surface area contributed by atoms with E-state index in [1.807, 2.05) is 36.4 Å². The third kappa shape index (κ3) is 2.56. The van der Waals surface area contributed by atoms with Crippen LogP contribution < -0.4 is 0 Å². The van der Waals surface area contributed by atoms with Gasteiger partial charge in [0.05, 0.1) is 15.5 Å². The van der Waals surface area contributed by atoms with Crippen LogP contribution in [0.15, 0.2) is 65.6 Å². The highest BCUT2D eigenvalue weighted by molar-refractivity contribution is 8.68. The van der Waals surface area contributed by atoms with E-state index in [9.17, 15) is 0 Å². The van der Waals surface area contributed by atoms with Gasteiger partial charge in [-0.1, -0.05) is 71.5 Å². The van der Waals surface area contributed by atoms with Gasteiger partial charge in [-0.05, 0) is 17.1 Å². The summed E-state index contributed by atoms with van der Waals surface area (Å²) in [6.45, 7) is 0. The number of benzene rings is 2. The summed E-state index contributed by atoms with van der Waals surface area (Å²) in [4.78, 5) is 2.31. The molecule has 0 saturated carbocycles. The molecule has 0 spiro atoms. The molecule has 1 heterocycles. The second-order valence-electron chi connectivity index (χ2n) is 4.01. The topological polar surface area (TPSA) is 12.9 Å². The molecule has 1 nitrogen and oxygen atoms in total. The van der Waals surface area contributed by atoms with E-state index in [4.69, 9.17) is 0 Å². The summed E-state index contributed by atoms with van der Waals surface area (Å²) < 4.78 is 4.61. The molecule has 4 heteroatoms. The number of hydrogen-bond donors (Lipinski definition) is 1. The number of aromatic nitrogens is 1. The van der Waals surface area contributed by atoms with Gasteiger partial charge in [0.25, 0.3) is 0 Å². The standard InChI is InChI=1S/C15H11NS3/c17-19-15-13(11-7-3-1-4-8-11)16-18-14(15)12-9-5-2-6-10-12/h1-10,17H. The van der Waals surface area contributed by atoms with E-state index in [0.29, 0.717) is 0 Å². The molecule has 0 radical (unpaired) electrons. The van der Waals surface area contributed by atoms with Gasteiger partial charge in [0, 0.05) is 5.56 Å². The summed E-state index contributed by atoms with van der Waals surface area (Å²) in [6.07, 6.45) is 0. The maximum absolute atomic E-state index is 4.61. The van der Waals surface area contributed by atoms with Crippen molar-refractivity contribution in [1.29, 1.82) is 0 Å². The molecule has 0 aliphatic heterocycles. The maximum Gasteiger partial charge on any atom is 0.0991 e. The minimum absolute atomic E-state index is 1.02. The van der Waals surface area contributed by atoms with Crippen LogP contribution in [0.25, 0.3) is 21.7 Å². The third-order valence-corrected chi connectivity index (χ3v) is 4.98. The summed E-state index contributed by atoms with van der Waals surface area (Å²) in [7, 11) is 1.46. The van der Waals surface area contributed by atoms with Gasteiger partial charge >= 0.3 is 0 Å². The highest BCUT2D eigenvalue weighted by atomic mass is 33.1. The Kier molecular flexibility index (Phi) is 3.92. The van der Waals surface area contributed by atoms with Crippen molar-refractivity contribution < 1.29 is 0 Å². The largest absolute Gasteiger partial charge is 0.191 e. The lowest BCUT2D eigenvalue weighted by Gasteiger charge is -2.02. The zero-order valence-electron chi connectivity index (χ0n) is 9.98. The first kappa shape index (κ1) is 12.8. The Morgan fingerprint density at radius 2 is 1.42 bits per heavy atom. The first-order chi connectivity index (χ1) is 9.40. The van der Waals surface area contributed by atoms with Gasteiger partial charge in [-0.25, -0.2) is 0 Å². The van der Waals surface area contributed by atoms with E-state index in [-0.39, 0.29) is 0 Å². The van der Waals surface area contributed by atoms with Gasteiger partial charge in [-0.15, -0.1) is 11.7 Å². The van der Waals surface area contributed by atoms with Gasteiger partial charge in [0.15, 0.2) is 0 Å². The Morgan fingerprint density at radius 3 is 2.00 bits per heavy atom. The van der Waals surface area contributed by atoms with Crippen LogP contribution in [-0.4, -0.2) is 4.37 Å². The van der Waals surface area contributed by atoms with Crippen molar-refractivity contribution in [3.05, 3.63) is 60.7 Å². The molecule has 0 aliphatic carbocycles. The Bertz CT molecular complexity index is 605. The van der Waals surface area contributed by atoms with Crippen LogP contribution >= 0.6 is 34.0 Å². The van der Waals surface area contributed by atoms with Crippen LogP contribution in [0.1, 0.15) is 0 Å². The van der Waals surface area contributed by atoms with Crippen LogP contribution in [0.4, 0.5) is 0 Å². The number of hydrogen-bond acceptors (Lipinski definition) is 4. The van der Waals surface area contributed by atoms with Crippen molar-refractivity contribution >= 4 is 34.0 Å². The van der Waals surface area contributed by atoms with Crippen molar-refractivity contribution in [2.24, 2.45) is 0 Å². The third-order valence-electron chi connectivity index (χ3n) is 2.82. The van der Waals surface area contributed by atoms with Gasteiger partial charge in [-0.3, -0.25) is 0 Å². The van der Waals surface area contributed by atoms with E-state index in [0.717, 1.165) is 16.2 Å². The normalized spacial score (nSPS) is 10.6. The van der Waals surface area contributed by atoms with Crippen LogP contribution in [0.3, 0.4) is 0 Å². The average molecular weight is 301 g/mol. The van der Waals surface area contributed by atoms with Crippen molar-refractivity contribution in [2.75, 3.05) is 0 Å². The Labute approximate surface area is 125 Å². The molecule has 0 bridgehead atoms. The fraction of sp³-hybridized carbons (Fsp3) is 0. The Balaban J connectivity index is 2.13. The van der Waals surface area contributed by atoms with Crippen LogP contribution in [-0.2, 0) is 0 Å². The molecule has 0 fully saturated rings. The molecule has 2 aromatic carbocycles. The van der Waals surface area contributed by atoms with Gasteiger partial charge in [0.2, 0.25) is 0 Å². The minimum atomic E-state index is 1.02. The van der Waals surface area contributed by atoms with Gasteiger partial charge < -0.3 is 0 Å². The lowest BCUT2D eigenvalue weighted by atomic mass is 10.1. The van der Waals surface area contributed by atoms with Crippen molar-refractivity contribution in [3.63, 3.8) is 0 Å². The summed E-state index contributed by atoms with van der Waals surface area (Å²) in [5.41, 5.74) is 3.35. The summed E-state index contributed by atoms with van der Waals surface area (Å²) >= 11 is 5.93. The minimum Gasteiger partial charge on any atom is -0.191 e. The smallest absolute Gasteiger partial charge is 0.0991 e. The molecule has 0 N–H and O–H groups in total. The zero-order valence-corrected chi connectivity index (χ0v) is 12.5. The Hall–Kier alpha value is -1.23. The highest BCUT2D eigenvalue weighted by Gasteiger charge is 2.15. The fourth-order valence-electron chi connectivity index (χ4n) is 1.92. The number of rotatable bonds is 3. The molecule has 0 atom stereocenters. The lowest BCUT2D eigenvalue weighted by molar-refractivity contribution is 1.42. The summed E-state index contributed by atoms with van der Waals surface area (Å²) in [5.74, 6) is 0. The highest BCUT2D eigenvalue weighted by Crippen LogP contribution is 2.43. The Morgan fingerprint density at radius 1 is 0.842 bits per heavy atom. The van der Waals surface area contributed by atoms with Gasteiger partial charge in [-0.2, -0.15) is 4.37 Å². The van der Waals surface area contributed by atoms with Crippen molar-refractivity contribution in [3.8, 4) is 21.7 Å². The SMILES string of the molecule is SSc1c(-c2ccccc2)nsc1-c1ccccc1. The van der Waals surface area contributed by atoms with Crippen molar-refractivity contribution in [2.45, 2.75) is 4.90 Å². The molecule has 0 unspecified atom stereocenters. The molecule has 0 amide bonds. The first-order valence-electron chi connectivity index (χ1n) is 5.82. The molecule has 19 heavy (non-hydrogen) atoms. The van der Waals surface area contributed by atoms with E-state index in [2.05, 4.69) is 40.3 Å². The van der Waals surface area contributed by atoms with Gasteiger partial charge in [0.1, 0.15) is 0 Å². The second-order valence-corrected chi connectivity index (χ2v) is 5.92. The van der Waals surface area contributed by atoms with Crippen LogP contribution in [0.2, 0.25) is 0 Å². The van der Waals surface area contributed by atoms with Crippen LogP contribution in [0, 0.1) is 0 Å². The molecule has 3 aromatic rings. The average Bonchev–Trinajstić information content (AvgIpc) is 2.93. The van der Waals surface area contributed by atoms with E-state index < -0.39 is 0 Å². The molecule has 3 rings (SSSR count). The molecular formula is C15H11NS3. The zero-order chi connectivity index (χ0) is 13.1. The molecule has 0 aliphatic rings. The number of thiol groups is 1. The molecule has 94 valence electrons. The summed E-state index contributed by atoms with van der Waals surface area (Å²) in [6, 6.07) is 20.6.